The molecule has 2 amide bonds. The molecular weight excluding hydrogens is 445 g/mol. The lowest BCUT2D eigenvalue weighted by Gasteiger charge is -2.29. The van der Waals surface area contributed by atoms with Gasteiger partial charge in [-0.3, -0.25) is 0 Å². The topological polar surface area (TPSA) is 122 Å². The van der Waals surface area contributed by atoms with E-state index in [2.05, 4.69) is 31.0 Å². The molecule has 0 aromatic carbocycles. The third-order valence-electron chi connectivity index (χ3n) is 5.33. The highest BCUT2D eigenvalue weighted by Crippen LogP contribution is 2.36. The number of urea groups is 1. The Morgan fingerprint density at radius 3 is 2.62 bits per heavy atom. The van der Waals surface area contributed by atoms with Gasteiger partial charge in [-0.2, -0.15) is 13.2 Å². The minimum Gasteiger partial charge on any atom is -0.383 e. The van der Waals surface area contributed by atoms with Gasteiger partial charge in [0.05, 0.1) is 17.5 Å². The van der Waals surface area contributed by atoms with Crippen LogP contribution in [0.15, 0.2) is 18.5 Å². The third-order valence-corrected chi connectivity index (χ3v) is 6.19. The van der Waals surface area contributed by atoms with Gasteiger partial charge in [0.15, 0.2) is 0 Å². The van der Waals surface area contributed by atoms with Gasteiger partial charge in [-0.15, -0.1) is 5.10 Å². The third kappa shape index (κ3) is 4.71. The van der Waals surface area contributed by atoms with Crippen molar-refractivity contribution in [2.75, 3.05) is 17.6 Å². The van der Waals surface area contributed by atoms with Crippen molar-refractivity contribution in [1.82, 2.24) is 30.2 Å². The number of pyridine rings is 1. The molecule has 0 spiro atoms. The zero-order valence-corrected chi connectivity index (χ0v) is 18.1. The van der Waals surface area contributed by atoms with Crippen LogP contribution in [0.4, 0.5) is 28.9 Å². The van der Waals surface area contributed by atoms with Gasteiger partial charge in [0.2, 0.25) is 10.1 Å². The molecule has 0 radical (unpaired) electrons. The molecule has 5 N–H and O–H groups in total. The number of imidazole rings is 1. The van der Waals surface area contributed by atoms with Gasteiger partial charge >= 0.3 is 12.2 Å². The normalized spacial score (nSPS) is 19.1. The van der Waals surface area contributed by atoms with Crippen molar-refractivity contribution in [1.29, 1.82) is 0 Å². The molecule has 3 aromatic rings. The maximum atomic E-state index is 13.2. The molecule has 0 atom stereocenters. The standard InChI is InChI=1S/C19H23F3N8OS/c1-2-24-16(31)27-11-3-5-12(6-4-11)28-17-29-30-14(9-26-18(30)32-17)10-7-13(19(20,21)22)15(23)25-8-10/h7-9,11-12H,2-6H2,1H3,(H2,23,25)(H,28,29)(H2,24,27,31). The monoisotopic (exact) mass is 468 g/mol. The highest BCUT2D eigenvalue weighted by molar-refractivity contribution is 7.20. The number of nitrogens with zero attached hydrogens (tertiary/aromatic N) is 4. The number of hydrogen-bond donors (Lipinski definition) is 4. The number of amides is 2. The van der Waals surface area contributed by atoms with Crippen molar-refractivity contribution in [2.24, 2.45) is 0 Å². The van der Waals surface area contributed by atoms with Crippen molar-refractivity contribution < 1.29 is 18.0 Å². The molecule has 0 unspecified atom stereocenters. The van der Waals surface area contributed by atoms with Crippen LogP contribution in [0, 0.1) is 0 Å². The number of nitrogens with two attached hydrogens (primary N) is 1. The first-order chi connectivity index (χ1) is 15.2. The fourth-order valence-corrected chi connectivity index (χ4v) is 4.60. The fraction of sp³-hybridized carbons (Fsp3) is 0.474. The van der Waals surface area contributed by atoms with E-state index in [9.17, 15) is 18.0 Å². The minimum atomic E-state index is -4.60. The molecule has 4 rings (SSSR count). The first-order valence-corrected chi connectivity index (χ1v) is 11.0. The van der Waals surface area contributed by atoms with Gasteiger partial charge in [-0.05, 0) is 38.7 Å². The number of carbonyl (C=O) groups is 1. The van der Waals surface area contributed by atoms with E-state index in [1.54, 1.807) is 0 Å². The smallest absolute Gasteiger partial charge is 0.383 e. The molecule has 1 fully saturated rings. The number of carbonyl (C=O) groups excluding carboxylic acids is 1. The van der Waals surface area contributed by atoms with E-state index in [0.717, 1.165) is 31.7 Å². The van der Waals surface area contributed by atoms with Gasteiger partial charge < -0.3 is 21.7 Å². The van der Waals surface area contributed by atoms with Crippen molar-refractivity contribution in [3.8, 4) is 11.3 Å². The molecule has 13 heteroatoms. The number of rotatable bonds is 5. The molecule has 0 bridgehead atoms. The fourth-order valence-electron chi connectivity index (χ4n) is 3.74. The van der Waals surface area contributed by atoms with Gasteiger partial charge in [0.25, 0.3) is 0 Å². The molecule has 0 aliphatic heterocycles. The first-order valence-electron chi connectivity index (χ1n) is 10.2. The van der Waals surface area contributed by atoms with Crippen LogP contribution in [-0.4, -0.2) is 44.2 Å². The Hall–Kier alpha value is -3.09. The molecule has 1 aliphatic rings. The van der Waals surface area contributed by atoms with Crippen LogP contribution in [0.5, 0.6) is 0 Å². The van der Waals surface area contributed by atoms with Crippen LogP contribution >= 0.6 is 11.3 Å². The van der Waals surface area contributed by atoms with E-state index in [4.69, 9.17) is 5.73 Å². The summed E-state index contributed by atoms with van der Waals surface area (Å²) in [5.41, 5.74) is 5.04. The molecule has 9 nitrogen and oxygen atoms in total. The molecule has 1 aliphatic carbocycles. The summed E-state index contributed by atoms with van der Waals surface area (Å²) in [6, 6.07) is 1.14. The van der Waals surface area contributed by atoms with Crippen LogP contribution < -0.4 is 21.7 Å². The lowest BCUT2D eigenvalue weighted by Crippen LogP contribution is -2.44. The summed E-state index contributed by atoms with van der Waals surface area (Å²) in [6.07, 6.45) is 1.57. The number of hydrogen-bond acceptors (Lipinski definition) is 7. The van der Waals surface area contributed by atoms with E-state index >= 15 is 0 Å². The van der Waals surface area contributed by atoms with Gasteiger partial charge in [0, 0.05) is 30.4 Å². The molecular formula is C19H23F3N8OS. The van der Waals surface area contributed by atoms with Gasteiger partial charge in [0.1, 0.15) is 5.82 Å². The van der Waals surface area contributed by atoms with E-state index in [-0.39, 0.29) is 23.7 Å². The van der Waals surface area contributed by atoms with Crippen LogP contribution in [0.2, 0.25) is 0 Å². The van der Waals surface area contributed by atoms with Crippen molar-refractivity contribution in [3.05, 3.63) is 24.0 Å². The van der Waals surface area contributed by atoms with E-state index < -0.39 is 17.6 Å². The van der Waals surface area contributed by atoms with Gasteiger partial charge in [-0.25, -0.2) is 19.3 Å². The average molecular weight is 469 g/mol. The second-order valence-corrected chi connectivity index (χ2v) is 8.55. The summed E-state index contributed by atoms with van der Waals surface area (Å²) in [7, 11) is 0. The van der Waals surface area contributed by atoms with Crippen molar-refractivity contribution in [2.45, 2.75) is 50.9 Å². The molecule has 1 saturated carbocycles. The lowest BCUT2D eigenvalue weighted by atomic mass is 9.91. The Morgan fingerprint density at radius 2 is 1.94 bits per heavy atom. The van der Waals surface area contributed by atoms with Crippen LogP contribution in [-0.2, 0) is 6.18 Å². The predicted octanol–water partition coefficient (Wildman–Crippen LogP) is 3.50. The summed E-state index contributed by atoms with van der Waals surface area (Å²) in [5.74, 6) is -0.570. The number of alkyl halides is 3. The minimum absolute atomic E-state index is 0.139. The van der Waals surface area contributed by atoms with E-state index in [0.29, 0.717) is 22.3 Å². The van der Waals surface area contributed by atoms with Gasteiger partial charge in [-0.1, -0.05) is 11.3 Å². The Morgan fingerprint density at radius 1 is 1.22 bits per heavy atom. The molecule has 0 saturated heterocycles. The quantitative estimate of drug-likeness (QED) is 0.455. The average Bonchev–Trinajstić information content (AvgIpc) is 3.29. The molecule has 32 heavy (non-hydrogen) atoms. The summed E-state index contributed by atoms with van der Waals surface area (Å²) in [4.78, 5) is 20.2. The Balaban J connectivity index is 1.45. The Labute approximate surface area is 185 Å². The summed E-state index contributed by atoms with van der Waals surface area (Å²) >= 11 is 1.32. The molecule has 3 aromatic heterocycles. The number of nitrogens with one attached hydrogen (secondary N) is 3. The highest BCUT2D eigenvalue weighted by atomic mass is 32.1. The second-order valence-electron chi connectivity index (χ2n) is 7.60. The SMILES string of the molecule is CCNC(=O)NC1CCC(Nc2nn3c(-c4cnc(N)c(C(F)(F)F)c4)cnc3s2)CC1. The van der Waals surface area contributed by atoms with E-state index in [1.807, 2.05) is 6.92 Å². The Bertz CT molecular complexity index is 1100. The highest BCUT2D eigenvalue weighted by Gasteiger charge is 2.34. The van der Waals surface area contributed by atoms with Crippen LogP contribution in [0.3, 0.4) is 0 Å². The van der Waals surface area contributed by atoms with Crippen LogP contribution in [0.1, 0.15) is 38.2 Å². The largest absolute Gasteiger partial charge is 0.419 e. The number of halogens is 3. The number of aromatic nitrogens is 4. The Kier molecular flexibility index (Phi) is 6.09. The predicted molar refractivity (Wildman–Crippen MR) is 115 cm³/mol. The van der Waals surface area contributed by atoms with Crippen molar-refractivity contribution in [3.63, 3.8) is 0 Å². The number of anilines is 2. The second kappa shape index (κ2) is 8.81. The zero-order valence-electron chi connectivity index (χ0n) is 17.2. The summed E-state index contributed by atoms with van der Waals surface area (Å²) in [6.45, 7) is 2.45. The number of fused-ring (bicyclic) bond motifs is 1. The van der Waals surface area contributed by atoms with E-state index in [1.165, 1.54) is 28.2 Å². The van der Waals surface area contributed by atoms with Crippen LogP contribution in [0.25, 0.3) is 16.2 Å². The van der Waals surface area contributed by atoms with Crippen molar-refractivity contribution >= 4 is 33.3 Å². The molecule has 172 valence electrons. The summed E-state index contributed by atoms with van der Waals surface area (Å²) < 4.78 is 41.1. The summed E-state index contributed by atoms with van der Waals surface area (Å²) in [5, 5.41) is 14.2. The number of nitrogen functional groups attached to an aromatic ring is 1. The molecule has 3 heterocycles. The maximum Gasteiger partial charge on any atom is 0.419 e. The maximum absolute atomic E-state index is 13.2. The first kappa shape index (κ1) is 22.1. The lowest BCUT2D eigenvalue weighted by molar-refractivity contribution is -0.137. The zero-order chi connectivity index (χ0) is 22.9.